The number of carboxylic acid groups (broad SMARTS) is 1. The number of β-amino-alcohol motifs (C(OH)–C–C–N with tert-alkyl or cyclic N) is 1. The first-order valence-corrected chi connectivity index (χ1v) is 4.69. The summed E-state index contributed by atoms with van der Waals surface area (Å²) < 4.78 is 0. The van der Waals surface area contributed by atoms with E-state index in [9.17, 15) is 9.90 Å². The molecular weight excluding hydrogens is 182 g/mol. The van der Waals surface area contributed by atoms with Crippen LogP contribution in [0.3, 0.4) is 0 Å². The van der Waals surface area contributed by atoms with Gasteiger partial charge in [0.05, 0.1) is 6.10 Å². The summed E-state index contributed by atoms with van der Waals surface area (Å²) in [4.78, 5) is 12.6. The van der Waals surface area contributed by atoms with Gasteiger partial charge in [0.2, 0.25) is 0 Å². The van der Waals surface area contributed by atoms with E-state index in [0.717, 1.165) is 0 Å². The van der Waals surface area contributed by atoms with Gasteiger partial charge in [0.15, 0.2) is 0 Å². The van der Waals surface area contributed by atoms with E-state index in [-0.39, 0.29) is 0 Å². The highest BCUT2D eigenvalue weighted by Gasteiger charge is 2.35. The average Bonchev–Trinajstić information content (AvgIpc) is 2.47. The molecule has 78 valence electrons. The maximum Gasteiger partial charge on any atom is 0.321 e. The molecule has 4 heteroatoms. The molecule has 2 atom stereocenters. The summed E-state index contributed by atoms with van der Waals surface area (Å²) in [5.41, 5.74) is 0. The van der Waals surface area contributed by atoms with E-state index in [1.54, 1.807) is 11.8 Å². The van der Waals surface area contributed by atoms with Crippen molar-refractivity contribution in [2.75, 3.05) is 13.1 Å². The third-order valence-electron chi connectivity index (χ3n) is 2.37. The van der Waals surface area contributed by atoms with Crippen LogP contribution in [0.5, 0.6) is 0 Å². The van der Waals surface area contributed by atoms with Crippen LogP contribution >= 0.6 is 0 Å². The zero-order valence-corrected chi connectivity index (χ0v) is 8.23. The normalized spacial score (nSPS) is 27.0. The maximum absolute atomic E-state index is 10.8. The number of rotatable bonds is 3. The standard InChI is InChI=1S/C10H15NO3/c1-2-3-4-5-11-7-8(12)6-9(11)10(13)14/h8-9,12H,4-7H2,1H3,(H,13,14). The van der Waals surface area contributed by atoms with Gasteiger partial charge in [-0.15, -0.1) is 11.8 Å². The van der Waals surface area contributed by atoms with Gasteiger partial charge in [0.25, 0.3) is 0 Å². The fourth-order valence-electron chi connectivity index (χ4n) is 1.71. The van der Waals surface area contributed by atoms with Gasteiger partial charge < -0.3 is 10.2 Å². The molecule has 1 aliphatic rings. The number of hydrogen-bond acceptors (Lipinski definition) is 3. The lowest BCUT2D eigenvalue weighted by molar-refractivity contribution is -0.142. The largest absolute Gasteiger partial charge is 0.480 e. The first-order chi connectivity index (χ1) is 6.65. The van der Waals surface area contributed by atoms with E-state index in [1.165, 1.54) is 0 Å². The highest BCUT2D eigenvalue weighted by molar-refractivity contribution is 5.74. The summed E-state index contributed by atoms with van der Waals surface area (Å²) in [6.07, 6.45) is 0.479. The van der Waals surface area contributed by atoms with Gasteiger partial charge >= 0.3 is 5.97 Å². The second-order valence-electron chi connectivity index (χ2n) is 3.42. The highest BCUT2D eigenvalue weighted by Crippen LogP contribution is 2.17. The minimum absolute atomic E-state index is 0.328. The van der Waals surface area contributed by atoms with E-state index in [1.807, 2.05) is 0 Å². The molecule has 4 nitrogen and oxygen atoms in total. The Balaban J connectivity index is 2.47. The highest BCUT2D eigenvalue weighted by atomic mass is 16.4. The summed E-state index contributed by atoms with van der Waals surface area (Å²) in [7, 11) is 0. The lowest BCUT2D eigenvalue weighted by Crippen LogP contribution is -2.36. The third kappa shape index (κ3) is 2.72. The van der Waals surface area contributed by atoms with Crippen molar-refractivity contribution in [1.29, 1.82) is 0 Å². The predicted octanol–water partition coefficient (Wildman–Crippen LogP) is -0.0804. The molecule has 0 saturated carbocycles. The van der Waals surface area contributed by atoms with Crippen molar-refractivity contribution in [1.82, 2.24) is 4.90 Å². The van der Waals surface area contributed by atoms with Crippen LogP contribution in [0.2, 0.25) is 0 Å². The second-order valence-corrected chi connectivity index (χ2v) is 3.42. The number of carbonyl (C=O) groups is 1. The molecule has 1 saturated heterocycles. The van der Waals surface area contributed by atoms with Gasteiger partial charge in [-0.1, -0.05) is 0 Å². The molecule has 0 aromatic heterocycles. The van der Waals surface area contributed by atoms with Crippen molar-refractivity contribution in [3.8, 4) is 11.8 Å². The lowest BCUT2D eigenvalue weighted by atomic mass is 10.2. The monoisotopic (exact) mass is 197 g/mol. The fraction of sp³-hybridized carbons (Fsp3) is 0.700. The van der Waals surface area contributed by atoms with E-state index < -0.39 is 18.1 Å². The van der Waals surface area contributed by atoms with Crippen LogP contribution in [0.1, 0.15) is 19.8 Å². The Kier molecular flexibility index (Phi) is 3.93. The molecule has 0 aromatic carbocycles. The number of aliphatic carboxylic acids is 1. The Morgan fingerprint density at radius 3 is 2.93 bits per heavy atom. The lowest BCUT2D eigenvalue weighted by Gasteiger charge is -2.18. The molecule has 0 radical (unpaired) electrons. The number of hydrogen-bond donors (Lipinski definition) is 2. The third-order valence-corrected chi connectivity index (χ3v) is 2.37. The zero-order chi connectivity index (χ0) is 10.6. The molecule has 2 unspecified atom stereocenters. The Morgan fingerprint density at radius 2 is 2.36 bits per heavy atom. The molecule has 0 amide bonds. The summed E-state index contributed by atoms with van der Waals surface area (Å²) in [5, 5.41) is 18.2. The molecule has 1 aliphatic heterocycles. The second kappa shape index (κ2) is 4.99. The number of aliphatic hydroxyl groups is 1. The van der Waals surface area contributed by atoms with Gasteiger partial charge in [-0.3, -0.25) is 9.69 Å². The van der Waals surface area contributed by atoms with E-state index in [2.05, 4.69) is 11.8 Å². The van der Waals surface area contributed by atoms with Crippen LogP contribution < -0.4 is 0 Å². The Labute approximate surface area is 83.5 Å². The van der Waals surface area contributed by atoms with E-state index in [0.29, 0.717) is 25.9 Å². The van der Waals surface area contributed by atoms with Crippen molar-refractivity contribution in [2.45, 2.75) is 31.9 Å². The van der Waals surface area contributed by atoms with Crippen molar-refractivity contribution in [3.63, 3.8) is 0 Å². The first kappa shape index (κ1) is 11.0. The molecule has 0 aromatic rings. The summed E-state index contributed by atoms with van der Waals surface area (Å²) in [5.74, 6) is 4.79. The number of nitrogens with zero attached hydrogens (tertiary/aromatic N) is 1. The van der Waals surface area contributed by atoms with Gasteiger partial charge in [-0.05, 0) is 6.92 Å². The Hall–Kier alpha value is -1.05. The maximum atomic E-state index is 10.8. The van der Waals surface area contributed by atoms with Crippen molar-refractivity contribution in [3.05, 3.63) is 0 Å². The fourth-order valence-corrected chi connectivity index (χ4v) is 1.71. The molecule has 0 spiro atoms. The number of likely N-dealkylation sites (tertiary alicyclic amines) is 1. The average molecular weight is 197 g/mol. The first-order valence-electron chi connectivity index (χ1n) is 4.69. The van der Waals surface area contributed by atoms with Crippen LogP contribution in [0.4, 0.5) is 0 Å². The van der Waals surface area contributed by atoms with Crippen LogP contribution in [0.25, 0.3) is 0 Å². The van der Waals surface area contributed by atoms with Gasteiger partial charge in [0, 0.05) is 25.9 Å². The quantitative estimate of drug-likeness (QED) is 0.621. The summed E-state index contributed by atoms with van der Waals surface area (Å²) in [6, 6.07) is -0.538. The smallest absolute Gasteiger partial charge is 0.321 e. The molecule has 0 aliphatic carbocycles. The number of carboxylic acids is 1. The van der Waals surface area contributed by atoms with Crippen molar-refractivity contribution in [2.24, 2.45) is 0 Å². The summed E-state index contributed by atoms with van der Waals surface area (Å²) >= 11 is 0. The zero-order valence-electron chi connectivity index (χ0n) is 8.23. The topological polar surface area (TPSA) is 60.8 Å². The van der Waals surface area contributed by atoms with Crippen LogP contribution in [-0.4, -0.2) is 46.3 Å². The molecule has 14 heavy (non-hydrogen) atoms. The van der Waals surface area contributed by atoms with Crippen LogP contribution in [0, 0.1) is 11.8 Å². The van der Waals surface area contributed by atoms with Gasteiger partial charge in [-0.2, -0.15) is 0 Å². The molecule has 0 bridgehead atoms. The molecule has 1 rings (SSSR count). The van der Waals surface area contributed by atoms with Gasteiger partial charge in [0.1, 0.15) is 6.04 Å². The minimum Gasteiger partial charge on any atom is -0.480 e. The molecule has 1 heterocycles. The Morgan fingerprint density at radius 1 is 1.64 bits per heavy atom. The van der Waals surface area contributed by atoms with Crippen molar-refractivity contribution >= 4 is 5.97 Å². The molecule has 1 fully saturated rings. The predicted molar refractivity (Wildman–Crippen MR) is 51.7 cm³/mol. The van der Waals surface area contributed by atoms with Crippen molar-refractivity contribution < 1.29 is 15.0 Å². The Bertz CT molecular complexity index is 266. The molecular formula is C10H15NO3. The van der Waals surface area contributed by atoms with Crippen LogP contribution in [-0.2, 0) is 4.79 Å². The van der Waals surface area contributed by atoms with E-state index in [4.69, 9.17) is 5.11 Å². The molecule has 2 N–H and O–H groups in total. The SMILES string of the molecule is CC#CCCN1CC(O)CC1C(=O)O. The van der Waals surface area contributed by atoms with E-state index >= 15 is 0 Å². The van der Waals surface area contributed by atoms with Gasteiger partial charge in [-0.25, -0.2) is 0 Å². The summed E-state index contributed by atoms with van der Waals surface area (Å²) in [6.45, 7) is 2.82. The number of aliphatic hydroxyl groups excluding tert-OH is 1. The van der Waals surface area contributed by atoms with Crippen LogP contribution in [0.15, 0.2) is 0 Å². The minimum atomic E-state index is -0.856.